The van der Waals surface area contributed by atoms with Crippen LogP contribution in [0.5, 0.6) is 0 Å². The van der Waals surface area contributed by atoms with Crippen LogP contribution >= 0.6 is 0 Å². The van der Waals surface area contributed by atoms with Crippen molar-refractivity contribution in [1.82, 2.24) is 4.90 Å². The first-order valence-corrected chi connectivity index (χ1v) is 9.19. The minimum Gasteiger partial charge on any atom is -0.431 e. The minimum absolute atomic E-state index is 0.00854. The van der Waals surface area contributed by atoms with Crippen molar-refractivity contribution < 1.29 is 14.3 Å². The lowest BCUT2D eigenvalue weighted by atomic mass is 9.80. The average molecular weight is 363 g/mol. The summed E-state index contributed by atoms with van der Waals surface area (Å²) in [6.07, 6.45) is 0. The zero-order valence-corrected chi connectivity index (χ0v) is 16.2. The number of hydrogen-bond acceptors (Lipinski definition) is 3. The molecule has 0 saturated carbocycles. The van der Waals surface area contributed by atoms with E-state index in [0.29, 0.717) is 5.76 Å². The van der Waals surface area contributed by atoms with Gasteiger partial charge >= 0.3 is 5.97 Å². The summed E-state index contributed by atoms with van der Waals surface area (Å²) < 4.78 is 5.65. The van der Waals surface area contributed by atoms with Gasteiger partial charge in [-0.3, -0.25) is 9.59 Å². The van der Waals surface area contributed by atoms with Gasteiger partial charge < -0.3 is 9.64 Å². The second-order valence-electron chi connectivity index (χ2n) is 7.02. The summed E-state index contributed by atoms with van der Waals surface area (Å²) in [7, 11) is 0. The van der Waals surface area contributed by atoms with E-state index in [9.17, 15) is 9.59 Å². The van der Waals surface area contributed by atoms with Gasteiger partial charge in [-0.25, -0.2) is 0 Å². The van der Waals surface area contributed by atoms with Gasteiger partial charge in [0.2, 0.25) is 5.91 Å². The van der Waals surface area contributed by atoms with Gasteiger partial charge in [0.1, 0.15) is 5.76 Å². The molecule has 27 heavy (non-hydrogen) atoms. The number of nitrogens with zero attached hydrogens (tertiary/aromatic N) is 1. The minimum atomic E-state index is -0.342. The number of benzene rings is 2. The molecule has 1 heterocycles. The molecule has 3 atom stereocenters. The topological polar surface area (TPSA) is 46.6 Å². The van der Waals surface area contributed by atoms with Gasteiger partial charge in [-0.15, -0.1) is 0 Å². The predicted molar refractivity (Wildman–Crippen MR) is 105 cm³/mol. The van der Waals surface area contributed by atoms with E-state index in [4.69, 9.17) is 4.74 Å². The second-order valence-corrected chi connectivity index (χ2v) is 7.02. The van der Waals surface area contributed by atoms with E-state index in [1.807, 2.05) is 79.4 Å². The van der Waals surface area contributed by atoms with Gasteiger partial charge in [-0.1, -0.05) is 67.6 Å². The maximum Gasteiger partial charge on any atom is 0.307 e. The third-order valence-corrected chi connectivity index (χ3v) is 5.14. The quantitative estimate of drug-likeness (QED) is 0.736. The number of amides is 1. The lowest BCUT2D eigenvalue weighted by Gasteiger charge is -2.46. The first-order chi connectivity index (χ1) is 12.9. The Hall–Kier alpha value is -2.88. The Morgan fingerprint density at radius 1 is 0.889 bits per heavy atom. The van der Waals surface area contributed by atoms with Gasteiger partial charge in [0.05, 0.1) is 12.1 Å². The van der Waals surface area contributed by atoms with E-state index in [1.165, 1.54) is 6.92 Å². The molecule has 0 aromatic heterocycles. The van der Waals surface area contributed by atoms with Gasteiger partial charge in [0.25, 0.3) is 0 Å². The Morgan fingerprint density at radius 3 is 1.89 bits per heavy atom. The van der Waals surface area contributed by atoms with E-state index >= 15 is 0 Å². The fourth-order valence-corrected chi connectivity index (χ4v) is 4.10. The molecule has 1 aliphatic heterocycles. The Balaban J connectivity index is 2.23. The van der Waals surface area contributed by atoms with Crippen LogP contribution < -0.4 is 0 Å². The molecule has 2 aromatic carbocycles. The first kappa shape index (κ1) is 18.9. The van der Waals surface area contributed by atoms with Crippen molar-refractivity contribution in [3.8, 4) is 0 Å². The number of carbonyl (C=O) groups excluding carboxylic acids is 2. The summed E-state index contributed by atoms with van der Waals surface area (Å²) in [5.74, 6) is 0.166. The van der Waals surface area contributed by atoms with Crippen LogP contribution in [0, 0.1) is 5.92 Å². The molecule has 0 unspecified atom stereocenters. The predicted octanol–water partition coefficient (Wildman–Crippen LogP) is 4.80. The number of carbonyl (C=O) groups is 2. The highest BCUT2D eigenvalue weighted by molar-refractivity contribution is 5.76. The number of esters is 1. The number of hydrogen-bond donors (Lipinski definition) is 0. The summed E-state index contributed by atoms with van der Waals surface area (Å²) in [5.41, 5.74) is 2.92. The van der Waals surface area contributed by atoms with Crippen molar-refractivity contribution in [3.63, 3.8) is 0 Å². The monoisotopic (exact) mass is 363 g/mol. The zero-order chi connectivity index (χ0) is 19.6. The molecule has 0 bridgehead atoms. The Kier molecular flexibility index (Phi) is 5.45. The summed E-state index contributed by atoms with van der Waals surface area (Å²) in [5, 5.41) is 0. The maximum absolute atomic E-state index is 12.8. The van der Waals surface area contributed by atoms with Crippen LogP contribution in [0.4, 0.5) is 0 Å². The third kappa shape index (κ3) is 3.65. The van der Waals surface area contributed by atoms with Gasteiger partial charge in [-0.2, -0.15) is 0 Å². The highest BCUT2D eigenvalue weighted by Gasteiger charge is 2.43. The van der Waals surface area contributed by atoms with Crippen LogP contribution in [0.15, 0.2) is 72.0 Å². The van der Waals surface area contributed by atoms with Crippen molar-refractivity contribution in [1.29, 1.82) is 0 Å². The maximum atomic E-state index is 12.8. The molecule has 4 heteroatoms. The highest BCUT2D eigenvalue weighted by atomic mass is 16.5. The lowest BCUT2D eigenvalue weighted by Crippen LogP contribution is -2.44. The van der Waals surface area contributed by atoms with E-state index in [0.717, 1.165) is 16.7 Å². The van der Waals surface area contributed by atoms with Crippen LogP contribution in [0.1, 0.15) is 50.9 Å². The van der Waals surface area contributed by atoms with Gasteiger partial charge in [0.15, 0.2) is 0 Å². The normalized spacial score (nSPS) is 22.5. The van der Waals surface area contributed by atoms with Crippen LogP contribution in [0.2, 0.25) is 0 Å². The van der Waals surface area contributed by atoms with Crippen LogP contribution in [0.3, 0.4) is 0 Å². The van der Waals surface area contributed by atoms with Crippen molar-refractivity contribution in [2.24, 2.45) is 5.92 Å². The number of ether oxygens (including phenoxy) is 1. The molecule has 0 spiro atoms. The van der Waals surface area contributed by atoms with Crippen molar-refractivity contribution in [3.05, 3.63) is 83.1 Å². The summed E-state index contributed by atoms with van der Waals surface area (Å²) in [6.45, 7) is 6.97. The summed E-state index contributed by atoms with van der Waals surface area (Å²) >= 11 is 0. The average Bonchev–Trinajstić information content (AvgIpc) is 2.65. The fraction of sp³-hybridized carbons (Fsp3) is 0.304. The zero-order valence-electron chi connectivity index (χ0n) is 16.2. The SMILES string of the molecule is CC(=O)OC1=C(C)[C@H](c2ccccc2)N(C(C)=O)[C@H](c2ccccc2)[C@@H]1C. The first-order valence-electron chi connectivity index (χ1n) is 9.19. The second kappa shape index (κ2) is 7.78. The van der Waals surface area contributed by atoms with E-state index in [2.05, 4.69) is 0 Å². The molecular formula is C23H25NO3. The van der Waals surface area contributed by atoms with E-state index < -0.39 is 0 Å². The molecule has 3 rings (SSSR count). The van der Waals surface area contributed by atoms with Crippen LogP contribution in [0.25, 0.3) is 0 Å². The smallest absolute Gasteiger partial charge is 0.307 e. The standard InChI is InChI=1S/C23H25NO3/c1-15-21(19-11-7-5-8-12-19)24(17(3)25)22(20-13-9-6-10-14-20)16(2)23(15)27-18(4)26/h5-15,21-22H,1-4H3/t15-,21-,22+/m0/s1. The highest BCUT2D eigenvalue weighted by Crippen LogP contribution is 2.48. The molecule has 0 aliphatic carbocycles. The van der Waals surface area contributed by atoms with Crippen molar-refractivity contribution >= 4 is 11.9 Å². The largest absolute Gasteiger partial charge is 0.431 e. The fourth-order valence-electron chi connectivity index (χ4n) is 4.10. The summed E-state index contributed by atoms with van der Waals surface area (Å²) in [6, 6.07) is 19.3. The Morgan fingerprint density at radius 2 is 1.41 bits per heavy atom. The van der Waals surface area contributed by atoms with E-state index in [-0.39, 0.29) is 29.9 Å². The van der Waals surface area contributed by atoms with Crippen molar-refractivity contribution in [2.75, 3.05) is 0 Å². The molecular weight excluding hydrogens is 338 g/mol. The molecule has 140 valence electrons. The molecule has 0 fully saturated rings. The molecule has 0 radical (unpaired) electrons. The molecule has 2 aromatic rings. The Bertz CT molecular complexity index is 858. The van der Waals surface area contributed by atoms with Crippen LogP contribution in [-0.2, 0) is 14.3 Å². The molecule has 0 saturated heterocycles. The van der Waals surface area contributed by atoms with Crippen LogP contribution in [-0.4, -0.2) is 16.8 Å². The van der Waals surface area contributed by atoms with E-state index in [1.54, 1.807) is 6.92 Å². The van der Waals surface area contributed by atoms with Gasteiger partial charge in [0, 0.05) is 19.8 Å². The lowest BCUT2D eigenvalue weighted by molar-refractivity contribution is -0.141. The third-order valence-electron chi connectivity index (χ3n) is 5.14. The molecule has 4 nitrogen and oxygen atoms in total. The molecule has 1 aliphatic rings. The van der Waals surface area contributed by atoms with Gasteiger partial charge in [-0.05, 0) is 23.6 Å². The Labute approximate surface area is 160 Å². The van der Waals surface area contributed by atoms with Crippen molar-refractivity contribution in [2.45, 2.75) is 39.8 Å². The molecule has 0 N–H and O–H groups in total. The summed E-state index contributed by atoms with van der Waals surface area (Å²) in [4.78, 5) is 26.5. The molecule has 1 amide bonds. The number of rotatable bonds is 3.